The molecule has 2 nitrogen and oxygen atoms in total. The van der Waals surface area contributed by atoms with Gasteiger partial charge in [-0.3, -0.25) is 4.98 Å². The standard InChI is InChI=1S/C15H20N2/c1-11(5-6-16)7-13-3-4-15-14(9-13)8-12(2)10-17-15/h3-4,8-11H,5-7,16H2,1-2H3. The van der Waals surface area contributed by atoms with E-state index in [4.69, 9.17) is 5.73 Å². The lowest BCUT2D eigenvalue weighted by molar-refractivity contribution is 0.539. The highest BCUT2D eigenvalue weighted by Gasteiger charge is 2.04. The molecular weight excluding hydrogens is 208 g/mol. The fourth-order valence-electron chi connectivity index (χ4n) is 2.21. The normalized spacial score (nSPS) is 12.9. The van der Waals surface area contributed by atoms with Crippen molar-refractivity contribution in [2.24, 2.45) is 11.7 Å². The van der Waals surface area contributed by atoms with Crippen molar-refractivity contribution in [2.75, 3.05) is 6.54 Å². The van der Waals surface area contributed by atoms with E-state index in [2.05, 4.69) is 43.1 Å². The van der Waals surface area contributed by atoms with E-state index in [1.54, 1.807) is 0 Å². The van der Waals surface area contributed by atoms with Crippen LogP contribution >= 0.6 is 0 Å². The molecule has 1 atom stereocenters. The van der Waals surface area contributed by atoms with Crippen molar-refractivity contribution >= 4 is 10.9 Å². The molecule has 0 aliphatic carbocycles. The lowest BCUT2D eigenvalue weighted by Gasteiger charge is -2.10. The number of nitrogens with two attached hydrogens (primary N) is 1. The van der Waals surface area contributed by atoms with Gasteiger partial charge in [-0.25, -0.2) is 0 Å². The van der Waals surface area contributed by atoms with E-state index in [0.29, 0.717) is 5.92 Å². The van der Waals surface area contributed by atoms with Crippen molar-refractivity contribution in [3.63, 3.8) is 0 Å². The second kappa shape index (κ2) is 5.28. The molecule has 90 valence electrons. The maximum Gasteiger partial charge on any atom is 0.0702 e. The second-order valence-corrected chi connectivity index (χ2v) is 4.93. The van der Waals surface area contributed by atoms with Crippen LogP contribution in [-0.4, -0.2) is 11.5 Å². The molecule has 2 rings (SSSR count). The maximum absolute atomic E-state index is 5.58. The Morgan fingerprint density at radius 2 is 2.12 bits per heavy atom. The Hall–Kier alpha value is -1.41. The van der Waals surface area contributed by atoms with Crippen molar-refractivity contribution in [2.45, 2.75) is 26.7 Å². The summed E-state index contributed by atoms with van der Waals surface area (Å²) in [7, 11) is 0. The monoisotopic (exact) mass is 228 g/mol. The smallest absolute Gasteiger partial charge is 0.0702 e. The number of benzene rings is 1. The minimum absolute atomic E-state index is 0.648. The van der Waals surface area contributed by atoms with Gasteiger partial charge in [0.1, 0.15) is 0 Å². The molecule has 0 bridgehead atoms. The number of rotatable bonds is 4. The lowest BCUT2D eigenvalue weighted by Crippen LogP contribution is -2.08. The molecule has 1 heterocycles. The summed E-state index contributed by atoms with van der Waals surface area (Å²) in [6.45, 7) is 5.11. The van der Waals surface area contributed by atoms with Crippen LogP contribution in [0.3, 0.4) is 0 Å². The van der Waals surface area contributed by atoms with Crippen molar-refractivity contribution < 1.29 is 0 Å². The van der Waals surface area contributed by atoms with Crippen molar-refractivity contribution in [3.8, 4) is 0 Å². The fraction of sp³-hybridized carbons (Fsp3) is 0.400. The largest absolute Gasteiger partial charge is 0.330 e. The number of hydrogen-bond donors (Lipinski definition) is 1. The summed E-state index contributed by atoms with van der Waals surface area (Å²) >= 11 is 0. The first-order valence-corrected chi connectivity index (χ1v) is 6.24. The Kier molecular flexibility index (Phi) is 3.75. The number of nitrogens with zero attached hydrogens (tertiary/aromatic N) is 1. The Bertz CT molecular complexity index is 505. The molecule has 0 saturated heterocycles. The minimum Gasteiger partial charge on any atom is -0.330 e. The summed E-state index contributed by atoms with van der Waals surface area (Å²) in [5.41, 5.74) is 9.25. The highest BCUT2D eigenvalue weighted by atomic mass is 14.6. The van der Waals surface area contributed by atoms with Gasteiger partial charge in [0.25, 0.3) is 0 Å². The van der Waals surface area contributed by atoms with Gasteiger partial charge in [-0.05, 0) is 61.6 Å². The van der Waals surface area contributed by atoms with Crippen LogP contribution in [0.1, 0.15) is 24.5 Å². The summed E-state index contributed by atoms with van der Waals surface area (Å²) in [6, 6.07) is 8.73. The first kappa shape index (κ1) is 12.1. The highest BCUT2D eigenvalue weighted by Crippen LogP contribution is 2.18. The van der Waals surface area contributed by atoms with E-state index in [-0.39, 0.29) is 0 Å². The molecule has 0 saturated carbocycles. The highest BCUT2D eigenvalue weighted by molar-refractivity contribution is 5.79. The summed E-state index contributed by atoms with van der Waals surface area (Å²) in [5.74, 6) is 0.648. The van der Waals surface area contributed by atoms with Gasteiger partial charge in [-0.1, -0.05) is 13.0 Å². The third-order valence-corrected chi connectivity index (χ3v) is 3.13. The molecule has 1 aromatic heterocycles. The van der Waals surface area contributed by atoms with Gasteiger partial charge in [-0.2, -0.15) is 0 Å². The van der Waals surface area contributed by atoms with Gasteiger partial charge in [0.15, 0.2) is 0 Å². The molecule has 0 radical (unpaired) electrons. The number of aromatic nitrogens is 1. The average molecular weight is 228 g/mol. The Morgan fingerprint density at radius 1 is 1.29 bits per heavy atom. The second-order valence-electron chi connectivity index (χ2n) is 4.93. The van der Waals surface area contributed by atoms with E-state index >= 15 is 0 Å². The predicted molar refractivity (Wildman–Crippen MR) is 73.0 cm³/mol. The summed E-state index contributed by atoms with van der Waals surface area (Å²) in [4.78, 5) is 4.42. The van der Waals surface area contributed by atoms with E-state index in [1.165, 1.54) is 16.5 Å². The van der Waals surface area contributed by atoms with Crippen LogP contribution in [0.5, 0.6) is 0 Å². The van der Waals surface area contributed by atoms with Crippen LogP contribution in [0.2, 0.25) is 0 Å². The lowest BCUT2D eigenvalue weighted by atomic mass is 9.97. The molecule has 0 amide bonds. The molecule has 17 heavy (non-hydrogen) atoms. The number of aryl methyl sites for hydroxylation is 1. The van der Waals surface area contributed by atoms with Crippen molar-refractivity contribution in [1.29, 1.82) is 0 Å². The molecule has 2 N–H and O–H groups in total. The van der Waals surface area contributed by atoms with E-state index < -0.39 is 0 Å². The predicted octanol–water partition coefficient (Wildman–Crippen LogP) is 3.07. The minimum atomic E-state index is 0.648. The summed E-state index contributed by atoms with van der Waals surface area (Å²) in [6.07, 6.45) is 4.10. The Labute approximate surface area is 103 Å². The summed E-state index contributed by atoms with van der Waals surface area (Å²) in [5, 5.41) is 1.24. The average Bonchev–Trinajstić information content (AvgIpc) is 2.28. The number of pyridine rings is 1. The molecular formula is C15H20N2. The van der Waals surface area contributed by atoms with Gasteiger partial charge in [0, 0.05) is 11.6 Å². The molecule has 0 aliphatic heterocycles. The van der Waals surface area contributed by atoms with Gasteiger partial charge in [-0.15, -0.1) is 0 Å². The van der Waals surface area contributed by atoms with E-state index in [1.807, 2.05) is 6.20 Å². The molecule has 2 aromatic rings. The number of fused-ring (bicyclic) bond motifs is 1. The quantitative estimate of drug-likeness (QED) is 0.873. The topological polar surface area (TPSA) is 38.9 Å². The van der Waals surface area contributed by atoms with Crippen LogP contribution in [0, 0.1) is 12.8 Å². The van der Waals surface area contributed by atoms with Crippen LogP contribution < -0.4 is 5.73 Å². The van der Waals surface area contributed by atoms with Gasteiger partial charge in [0.2, 0.25) is 0 Å². The van der Waals surface area contributed by atoms with Crippen LogP contribution in [0.4, 0.5) is 0 Å². The van der Waals surface area contributed by atoms with Crippen LogP contribution in [-0.2, 0) is 6.42 Å². The third kappa shape index (κ3) is 3.04. The zero-order valence-corrected chi connectivity index (χ0v) is 10.6. The van der Waals surface area contributed by atoms with Gasteiger partial charge in [0.05, 0.1) is 5.52 Å². The fourth-order valence-corrected chi connectivity index (χ4v) is 2.21. The maximum atomic E-state index is 5.58. The van der Waals surface area contributed by atoms with E-state index in [9.17, 15) is 0 Å². The van der Waals surface area contributed by atoms with Crippen LogP contribution in [0.25, 0.3) is 10.9 Å². The molecule has 1 unspecified atom stereocenters. The molecule has 0 aliphatic rings. The molecule has 2 heteroatoms. The third-order valence-electron chi connectivity index (χ3n) is 3.13. The SMILES string of the molecule is Cc1cnc2ccc(CC(C)CCN)cc2c1. The number of hydrogen-bond acceptors (Lipinski definition) is 2. The first-order valence-electron chi connectivity index (χ1n) is 6.24. The Morgan fingerprint density at radius 3 is 2.88 bits per heavy atom. The van der Waals surface area contributed by atoms with Crippen molar-refractivity contribution in [1.82, 2.24) is 4.98 Å². The van der Waals surface area contributed by atoms with Gasteiger partial charge >= 0.3 is 0 Å². The molecule has 0 fully saturated rings. The molecule has 0 spiro atoms. The zero-order valence-electron chi connectivity index (χ0n) is 10.6. The summed E-state index contributed by atoms with van der Waals surface area (Å²) < 4.78 is 0. The zero-order chi connectivity index (χ0) is 12.3. The van der Waals surface area contributed by atoms with Crippen molar-refractivity contribution in [3.05, 3.63) is 41.6 Å². The first-order chi connectivity index (χ1) is 8.19. The Balaban J connectivity index is 2.24. The van der Waals surface area contributed by atoms with Crippen LogP contribution in [0.15, 0.2) is 30.5 Å². The van der Waals surface area contributed by atoms with E-state index in [0.717, 1.165) is 24.9 Å². The molecule has 1 aromatic carbocycles. The van der Waals surface area contributed by atoms with Gasteiger partial charge < -0.3 is 5.73 Å².